The van der Waals surface area contributed by atoms with Crippen molar-refractivity contribution in [2.24, 2.45) is 0 Å². The van der Waals surface area contributed by atoms with Gasteiger partial charge in [-0.25, -0.2) is 0 Å². The maximum absolute atomic E-state index is 11.6. The summed E-state index contributed by atoms with van der Waals surface area (Å²) >= 11 is 0. The van der Waals surface area contributed by atoms with Crippen LogP contribution >= 0.6 is 0 Å². The van der Waals surface area contributed by atoms with Crippen molar-refractivity contribution in [1.29, 1.82) is 0 Å². The Bertz CT molecular complexity index is 372. The summed E-state index contributed by atoms with van der Waals surface area (Å²) in [6, 6.07) is 0. The Morgan fingerprint density at radius 3 is 1.35 bits per heavy atom. The lowest BCUT2D eigenvalue weighted by atomic mass is 10.2. The van der Waals surface area contributed by atoms with Gasteiger partial charge in [-0.1, -0.05) is 0 Å². The van der Waals surface area contributed by atoms with Gasteiger partial charge < -0.3 is 25.8 Å². The van der Waals surface area contributed by atoms with Crippen molar-refractivity contribution in [3.05, 3.63) is 0 Å². The van der Waals surface area contributed by atoms with E-state index in [1.54, 1.807) is 0 Å². The second kappa shape index (κ2) is 12.8. The number of rotatable bonds is 12. The Morgan fingerprint density at radius 1 is 0.609 bits per heavy atom. The summed E-state index contributed by atoms with van der Waals surface area (Å²) in [5.41, 5.74) is 0. The number of hydrogen-bond acceptors (Lipinski definition) is 5. The first-order chi connectivity index (χ1) is 10.8. The van der Waals surface area contributed by atoms with Crippen LogP contribution in [0.3, 0.4) is 0 Å². The van der Waals surface area contributed by atoms with Gasteiger partial charge in [0.25, 0.3) is 0 Å². The molecule has 0 radical (unpaired) electrons. The van der Waals surface area contributed by atoms with Crippen molar-refractivity contribution >= 4 is 17.7 Å². The topological polar surface area (TPSA) is 93.8 Å². The molecule has 0 saturated heterocycles. The van der Waals surface area contributed by atoms with Crippen LogP contribution in [0.2, 0.25) is 0 Å². The highest BCUT2D eigenvalue weighted by Crippen LogP contribution is 1.90. The van der Waals surface area contributed by atoms with Crippen LogP contribution in [0, 0.1) is 0 Å². The van der Waals surface area contributed by atoms with Crippen LogP contribution in [0.5, 0.6) is 0 Å². The summed E-state index contributed by atoms with van der Waals surface area (Å²) in [6.45, 7) is 2.99. The first-order valence-corrected chi connectivity index (χ1v) is 7.91. The Kier molecular flexibility index (Phi) is 11.9. The van der Waals surface area contributed by atoms with Crippen molar-refractivity contribution in [1.82, 2.24) is 25.8 Å². The summed E-state index contributed by atoms with van der Waals surface area (Å²) in [5.74, 6) is -0.439. The number of carbonyl (C=O) groups is 3. The molecule has 0 fully saturated rings. The van der Waals surface area contributed by atoms with Crippen molar-refractivity contribution < 1.29 is 14.4 Å². The van der Waals surface area contributed by atoms with Crippen molar-refractivity contribution in [3.63, 3.8) is 0 Å². The molecule has 134 valence electrons. The van der Waals surface area contributed by atoms with E-state index in [0.29, 0.717) is 13.1 Å². The molecule has 0 unspecified atom stereocenters. The molecular formula is C15H31N5O3. The zero-order valence-corrected chi connectivity index (χ0v) is 14.8. The molecule has 0 bridgehead atoms. The minimum atomic E-state index is -0.214. The van der Waals surface area contributed by atoms with Gasteiger partial charge in [-0.05, 0) is 28.2 Å². The summed E-state index contributed by atoms with van der Waals surface area (Å²) in [4.78, 5) is 38.5. The molecule has 0 rings (SSSR count). The average Bonchev–Trinajstić information content (AvgIpc) is 2.44. The Labute approximate surface area is 139 Å². The number of carbonyl (C=O) groups excluding carboxylic acids is 3. The molecule has 0 spiro atoms. The van der Waals surface area contributed by atoms with Crippen LogP contribution in [0.4, 0.5) is 0 Å². The molecule has 23 heavy (non-hydrogen) atoms. The zero-order chi connectivity index (χ0) is 17.7. The molecule has 8 nitrogen and oxygen atoms in total. The van der Waals surface area contributed by atoms with Gasteiger partial charge in [0.2, 0.25) is 17.7 Å². The molecule has 3 N–H and O–H groups in total. The highest BCUT2D eigenvalue weighted by Gasteiger charge is 2.07. The molecular weight excluding hydrogens is 298 g/mol. The fourth-order valence-corrected chi connectivity index (χ4v) is 1.65. The van der Waals surface area contributed by atoms with Gasteiger partial charge in [0, 0.05) is 52.0 Å². The fraction of sp³-hybridized carbons (Fsp3) is 0.800. The van der Waals surface area contributed by atoms with Gasteiger partial charge in [0.05, 0.1) is 0 Å². The predicted molar refractivity (Wildman–Crippen MR) is 90.0 cm³/mol. The predicted octanol–water partition coefficient (Wildman–Crippen LogP) is -1.37. The van der Waals surface area contributed by atoms with Crippen LogP contribution in [-0.2, 0) is 14.4 Å². The Hall–Kier alpha value is -1.67. The second-order valence-corrected chi connectivity index (χ2v) is 5.91. The third-order valence-corrected chi connectivity index (χ3v) is 3.02. The first kappa shape index (κ1) is 21.3. The lowest BCUT2D eigenvalue weighted by Gasteiger charge is -2.11. The van der Waals surface area contributed by atoms with E-state index in [4.69, 9.17) is 0 Å². The van der Waals surface area contributed by atoms with Gasteiger partial charge in [-0.3, -0.25) is 14.4 Å². The van der Waals surface area contributed by atoms with Crippen molar-refractivity contribution in [3.8, 4) is 0 Å². The van der Waals surface area contributed by atoms with E-state index in [9.17, 15) is 14.4 Å². The molecule has 0 aliphatic heterocycles. The smallest absolute Gasteiger partial charge is 0.221 e. The summed E-state index contributed by atoms with van der Waals surface area (Å²) in [7, 11) is 7.72. The van der Waals surface area contributed by atoms with Gasteiger partial charge in [0.15, 0.2) is 0 Å². The van der Waals surface area contributed by atoms with E-state index >= 15 is 0 Å². The molecule has 8 heteroatoms. The Morgan fingerprint density at radius 2 is 0.957 bits per heavy atom. The van der Waals surface area contributed by atoms with E-state index in [1.807, 2.05) is 38.0 Å². The van der Waals surface area contributed by atoms with E-state index in [1.165, 1.54) is 0 Å². The van der Waals surface area contributed by atoms with E-state index in [2.05, 4.69) is 16.0 Å². The lowest BCUT2D eigenvalue weighted by Crippen LogP contribution is -2.35. The van der Waals surface area contributed by atoms with Crippen LogP contribution < -0.4 is 16.0 Å². The van der Waals surface area contributed by atoms with Crippen LogP contribution in [0.15, 0.2) is 0 Å². The molecule has 0 aliphatic rings. The fourth-order valence-electron chi connectivity index (χ4n) is 1.65. The SMILES string of the molecule is CN(C)CCNC(=O)CCNC(=O)CCC(=O)NCCN(C)C. The van der Waals surface area contributed by atoms with Crippen molar-refractivity contribution in [2.75, 3.05) is 60.9 Å². The molecule has 0 heterocycles. The third-order valence-electron chi connectivity index (χ3n) is 3.02. The van der Waals surface area contributed by atoms with Gasteiger partial charge in [-0.15, -0.1) is 0 Å². The quantitative estimate of drug-likeness (QED) is 0.411. The standard InChI is InChI=1S/C15H31N5O3/c1-19(2)11-9-17-14(22)6-5-13(21)16-8-7-15(23)18-10-12-20(3)4/h5-12H2,1-4H3,(H,16,21)(H,17,22)(H,18,23). The number of likely N-dealkylation sites (N-methyl/N-ethyl adjacent to an activating group) is 2. The second-order valence-electron chi connectivity index (χ2n) is 5.91. The highest BCUT2D eigenvalue weighted by molar-refractivity contribution is 5.84. The molecule has 0 aromatic rings. The van der Waals surface area contributed by atoms with Crippen LogP contribution in [0.1, 0.15) is 19.3 Å². The van der Waals surface area contributed by atoms with E-state index in [0.717, 1.165) is 13.1 Å². The first-order valence-electron chi connectivity index (χ1n) is 7.91. The van der Waals surface area contributed by atoms with E-state index < -0.39 is 0 Å². The number of amides is 3. The zero-order valence-electron chi connectivity index (χ0n) is 14.8. The summed E-state index contributed by atoms with van der Waals surface area (Å²) in [6.07, 6.45) is 0.540. The molecule has 0 aliphatic carbocycles. The minimum Gasteiger partial charge on any atom is -0.356 e. The maximum Gasteiger partial charge on any atom is 0.221 e. The Balaban J connectivity index is 3.59. The van der Waals surface area contributed by atoms with Gasteiger partial charge in [-0.2, -0.15) is 0 Å². The summed E-state index contributed by atoms with van der Waals surface area (Å²) < 4.78 is 0. The molecule has 0 aromatic carbocycles. The average molecular weight is 329 g/mol. The van der Waals surface area contributed by atoms with Crippen LogP contribution in [-0.4, -0.2) is 88.4 Å². The van der Waals surface area contributed by atoms with Gasteiger partial charge in [0.1, 0.15) is 0 Å². The third kappa shape index (κ3) is 15.0. The normalized spacial score (nSPS) is 10.7. The molecule has 0 aromatic heterocycles. The molecule has 3 amide bonds. The largest absolute Gasteiger partial charge is 0.356 e. The number of nitrogens with one attached hydrogen (secondary N) is 3. The number of nitrogens with zero attached hydrogens (tertiary/aromatic N) is 2. The van der Waals surface area contributed by atoms with Gasteiger partial charge >= 0.3 is 0 Å². The van der Waals surface area contributed by atoms with Crippen LogP contribution in [0.25, 0.3) is 0 Å². The maximum atomic E-state index is 11.6. The molecule has 0 atom stereocenters. The molecule has 0 saturated carbocycles. The van der Waals surface area contributed by atoms with E-state index in [-0.39, 0.29) is 43.5 Å². The highest BCUT2D eigenvalue weighted by atomic mass is 16.2. The summed E-state index contributed by atoms with van der Waals surface area (Å²) in [5, 5.41) is 8.16. The minimum absolute atomic E-state index is 0.0893. The van der Waals surface area contributed by atoms with Crippen molar-refractivity contribution in [2.45, 2.75) is 19.3 Å². The lowest BCUT2D eigenvalue weighted by molar-refractivity contribution is -0.126. The monoisotopic (exact) mass is 329 g/mol. The number of hydrogen-bond donors (Lipinski definition) is 3.